The molecule has 1 fully saturated rings. The van der Waals surface area contributed by atoms with Crippen LogP contribution in [0.1, 0.15) is 29.8 Å². The number of methoxy groups -OCH3 is 1. The number of amides is 2. The third-order valence-electron chi connectivity index (χ3n) is 4.10. The second-order valence-electron chi connectivity index (χ2n) is 5.81. The average Bonchev–Trinajstić information content (AvgIpc) is 3.21. The van der Waals surface area contributed by atoms with Gasteiger partial charge in [-0.15, -0.1) is 10.2 Å². The fraction of sp³-hybridized carbons (Fsp3) is 0.412. The Kier molecular flexibility index (Phi) is 5.40. The summed E-state index contributed by atoms with van der Waals surface area (Å²) in [6.07, 6.45) is 1.28. The lowest BCUT2D eigenvalue weighted by Gasteiger charge is -2.19. The molecule has 1 aromatic heterocycles. The molecule has 25 heavy (non-hydrogen) atoms. The van der Waals surface area contributed by atoms with Crippen LogP contribution in [-0.2, 0) is 20.7 Å². The first kappa shape index (κ1) is 17.5. The highest BCUT2D eigenvalue weighted by molar-refractivity contribution is 7.15. The molecule has 8 heteroatoms. The number of nitrogens with one attached hydrogen (secondary N) is 1. The van der Waals surface area contributed by atoms with Crippen LogP contribution in [0.2, 0.25) is 0 Å². The zero-order valence-electron chi connectivity index (χ0n) is 14.2. The number of rotatable bonds is 6. The summed E-state index contributed by atoms with van der Waals surface area (Å²) >= 11 is 1.30. The molecule has 0 bridgehead atoms. The maximum Gasteiger partial charge on any atom is 0.252 e. The summed E-state index contributed by atoms with van der Waals surface area (Å²) in [5.41, 5.74) is 2.12. The average molecular weight is 360 g/mol. The molecule has 132 valence electrons. The summed E-state index contributed by atoms with van der Waals surface area (Å²) in [6, 6.07) is 7.96. The molecule has 1 aliphatic heterocycles. The van der Waals surface area contributed by atoms with Crippen molar-refractivity contribution in [3.63, 3.8) is 0 Å². The number of anilines is 2. The van der Waals surface area contributed by atoms with E-state index in [2.05, 4.69) is 22.4 Å². The largest absolute Gasteiger partial charge is 0.375 e. The maximum atomic E-state index is 12.5. The van der Waals surface area contributed by atoms with Gasteiger partial charge in [0.2, 0.25) is 11.0 Å². The SMILES string of the molecule is CCc1ccccc1N1CC(c2nnc(NC(=O)COC)s2)CC1=O. The number of nitrogens with zero attached hydrogens (tertiary/aromatic N) is 3. The number of carbonyl (C=O) groups is 2. The summed E-state index contributed by atoms with van der Waals surface area (Å²) in [4.78, 5) is 25.9. The molecule has 1 N–H and O–H groups in total. The van der Waals surface area contributed by atoms with Crippen molar-refractivity contribution in [1.29, 1.82) is 0 Å². The van der Waals surface area contributed by atoms with Crippen LogP contribution in [0.5, 0.6) is 0 Å². The van der Waals surface area contributed by atoms with E-state index in [0.717, 1.165) is 22.7 Å². The Labute approximate surface area is 150 Å². The summed E-state index contributed by atoms with van der Waals surface area (Å²) in [6.45, 7) is 2.63. The molecule has 0 aliphatic carbocycles. The monoisotopic (exact) mass is 360 g/mol. The van der Waals surface area contributed by atoms with Gasteiger partial charge in [0, 0.05) is 31.7 Å². The lowest BCUT2D eigenvalue weighted by atomic mass is 10.1. The molecule has 1 saturated heterocycles. The number of benzene rings is 1. The summed E-state index contributed by atoms with van der Waals surface area (Å²) in [7, 11) is 1.46. The Morgan fingerprint density at radius 3 is 2.96 bits per heavy atom. The molecule has 3 rings (SSSR count). The molecule has 1 unspecified atom stereocenters. The Hall–Kier alpha value is -2.32. The third-order valence-corrected chi connectivity index (χ3v) is 5.10. The summed E-state index contributed by atoms with van der Waals surface area (Å²) in [5.74, 6) is -0.194. The molecule has 0 spiro atoms. The van der Waals surface area contributed by atoms with Crippen LogP contribution >= 0.6 is 11.3 Å². The van der Waals surface area contributed by atoms with Crippen LogP contribution < -0.4 is 10.2 Å². The molecule has 1 aliphatic rings. The van der Waals surface area contributed by atoms with Crippen molar-refractivity contribution in [3.05, 3.63) is 34.8 Å². The first-order chi connectivity index (χ1) is 12.1. The van der Waals surface area contributed by atoms with Gasteiger partial charge >= 0.3 is 0 Å². The van der Waals surface area contributed by atoms with Crippen LogP contribution in [0.4, 0.5) is 10.8 Å². The van der Waals surface area contributed by atoms with Crippen molar-refractivity contribution in [1.82, 2.24) is 10.2 Å². The fourth-order valence-corrected chi connectivity index (χ4v) is 3.77. The first-order valence-corrected chi connectivity index (χ1v) is 8.94. The van der Waals surface area contributed by atoms with Gasteiger partial charge in [-0.25, -0.2) is 0 Å². The molecule has 2 amide bonds. The third kappa shape index (κ3) is 3.85. The van der Waals surface area contributed by atoms with Gasteiger partial charge in [-0.3, -0.25) is 14.9 Å². The molecule has 2 aromatic rings. The van der Waals surface area contributed by atoms with Crippen molar-refractivity contribution in [2.24, 2.45) is 0 Å². The molecular formula is C17H20N4O3S. The predicted molar refractivity (Wildman–Crippen MR) is 95.9 cm³/mol. The van der Waals surface area contributed by atoms with E-state index in [1.165, 1.54) is 18.4 Å². The minimum absolute atomic E-state index is 0.0111. The Bertz CT molecular complexity index is 777. The van der Waals surface area contributed by atoms with Crippen LogP contribution in [0.15, 0.2) is 24.3 Å². The topological polar surface area (TPSA) is 84.4 Å². The molecule has 0 saturated carbocycles. The van der Waals surface area contributed by atoms with Crippen molar-refractivity contribution < 1.29 is 14.3 Å². The molecule has 7 nitrogen and oxygen atoms in total. The maximum absolute atomic E-state index is 12.5. The lowest BCUT2D eigenvalue weighted by molar-refractivity contribution is -0.119. The minimum Gasteiger partial charge on any atom is -0.375 e. The minimum atomic E-state index is -0.272. The van der Waals surface area contributed by atoms with Crippen molar-refractivity contribution in [2.75, 3.05) is 30.5 Å². The standard InChI is InChI=1S/C17H20N4O3S/c1-3-11-6-4-5-7-13(11)21-9-12(8-15(21)23)16-19-20-17(25-16)18-14(22)10-24-2/h4-7,12H,3,8-10H2,1-2H3,(H,18,20,22). The summed E-state index contributed by atoms with van der Waals surface area (Å²) < 4.78 is 4.77. The highest BCUT2D eigenvalue weighted by Gasteiger charge is 2.34. The van der Waals surface area contributed by atoms with Gasteiger partial charge in [-0.05, 0) is 18.1 Å². The van der Waals surface area contributed by atoms with Gasteiger partial charge in [0.1, 0.15) is 11.6 Å². The normalized spacial score (nSPS) is 17.1. The van der Waals surface area contributed by atoms with E-state index >= 15 is 0 Å². The number of hydrogen-bond acceptors (Lipinski definition) is 6. The van der Waals surface area contributed by atoms with Crippen molar-refractivity contribution in [2.45, 2.75) is 25.7 Å². The van der Waals surface area contributed by atoms with E-state index < -0.39 is 0 Å². The fourth-order valence-electron chi connectivity index (χ4n) is 2.92. The van der Waals surface area contributed by atoms with E-state index in [0.29, 0.717) is 18.1 Å². The number of aromatic nitrogens is 2. The van der Waals surface area contributed by atoms with Gasteiger partial charge in [0.05, 0.1) is 0 Å². The molecular weight excluding hydrogens is 340 g/mol. The van der Waals surface area contributed by atoms with Crippen LogP contribution in [0, 0.1) is 0 Å². The van der Waals surface area contributed by atoms with Crippen LogP contribution in [0.25, 0.3) is 0 Å². The number of para-hydroxylation sites is 1. The van der Waals surface area contributed by atoms with Gasteiger partial charge in [-0.2, -0.15) is 0 Å². The Balaban J connectivity index is 1.72. The van der Waals surface area contributed by atoms with E-state index in [1.54, 1.807) is 0 Å². The van der Waals surface area contributed by atoms with E-state index in [-0.39, 0.29) is 24.3 Å². The molecule has 1 aromatic carbocycles. The van der Waals surface area contributed by atoms with Crippen molar-refractivity contribution >= 4 is 34.0 Å². The quantitative estimate of drug-likeness (QED) is 0.854. The highest BCUT2D eigenvalue weighted by atomic mass is 32.1. The molecule has 0 radical (unpaired) electrons. The zero-order chi connectivity index (χ0) is 17.8. The summed E-state index contributed by atoms with van der Waals surface area (Å²) in [5, 5.41) is 12.0. The second kappa shape index (κ2) is 7.71. The van der Waals surface area contributed by atoms with Crippen molar-refractivity contribution in [3.8, 4) is 0 Å². The zero-order valence-corrected chi connectivity index (χ0v) is 15.0. The van der Waals surface area contributed by atoms with E-state index in [1.807, 2.05) is 29.2 Å². The number of carbonyl (C=O) groups excluding carboxylic acids is 2. The van der Waals surface area contributed by atoms with Crippen LogP contribution in [0.3, 0.4) is 0 Å². The van der Waals surface area contributed by atoms with Gasteiger partial charge in [-0.1, -0.05) is 36.5 Å². The lowest BCUT2D eigenvalue weighted by Crippen LogP contribution is -2.25. The van der Waals surface area contributed by atoms with Crippen LogP contribution in [-0.4, -0.2) is 42.3 Å². The highest BCUT2D eigenvalue weighted by Crippen LogP contribution is 2.35. The second-order valence-corrected chi connectivity index (χ2v) is 6.82. The predicted octanol–water partition coefficient (Wildman–Crippen LogP) is 2.21. The first-order valence-electron chi connectivity index (χ1n) is 8.12. The van der Waals surface area contributed by atoms with E-state index in [9.17, 15) is 9.59 Å². The smallest absolute Gasteiger partial charge is 0.252 e. The van der Waals surface area contributed by atoms with Gasteiger partial charge in [0.25, 0.3) is 5.91 Å². The van der Waals surface area contributed by atoms with Gasteiger partial charge in [0.15, 0.2) is 0 Å². The van der Waals surface area contributed by atoms with E-state index in [4.69, 9.17) is 4.74 Å². The molecule has 1 atom stereocenters. The Morgan fingerprint density at radius 2 is 2.20 bits per heavy atom. The van der Waals surface area contributed by atoms with Gasteiger partial charge < -0.3 is 9.64 Å². The molecule has 2 heterocycles. The number of ether oxygens (including phenoxy) is 1. The Morgan fingerprint density at radius 1 is 1.40 bits per heavy atom. The number of aryl methyl sites for hydroxylation is 1. The number of hydrogen-bond donors (Lipinski definition) is 1.